The lowest BCUT2D eigenvalue weighted by Crippen LogP contribution is -2.21. The minimum absolute atomic E-state index is 0.537. The van der Waals surface area contributed by atoms with Gasteiger partial charge in [-0.25, -0.2) is 9.59 Å². The van der Waals surface area contributed by atoms with E-state index in [1.54, 1.807) is 0 Å². The third-order valence-electron chi connectivity index (χ3n) is 3.65. The minimum atomic E-state index is -1.82. The summed E-state index contributed by atoms with van der Waals surface area (Å²) in [6.45, 7) is 1.90. The summed E-state index contributed by atoms with van der Waals surface area (Å²) in [7, 11) is 0. The van der Waals surface area contributed by atoms with Gasteiger partial charge in [0.2, 0.25) is 0 Å². The van der Waals surface area contributed by atoms with Crippen LogP contribution in [-0.4, -0.2) is 45.4 Å². The molecular weight excluding hydrogens is 290 g/mol. The summed E-state index contributed by atoms with van der Waals surface area (Å²) in [6.07, 6.45) is 8.29. The number of hydrogen-bond acceptors (Lipinski definition) is 6. The van der Waals surface area contributed by atoms with E-state index in [2.05, 4.69) is 21.5 Å². The van der Waals surface area contributed by atoms with Crippen LogP contribution in [0.15, 0.2) is 10.6 Å². The lowest BCUT2D eigenvalue weighted by atomic mass is 10.1. The van der Waals surface area contributed by atoms with Crippen molar-refractivity contribution in [2.75, 3.05) is 13.1 Å². The maximum atomic E-state index is 9.10. The second-order valence-electron chi connectivity index (χ2n) is 5.24. The molecule has 0 aromatic carbocycles. The number of carbonyl (C=O) groups is 2. The highest BCUT2D eigenvalue weighted by Gasteiger charge is 2.23. The number of aliphatic carboxylic acids is 2. The summed E-state index contributed by atoms with van der Waals surface area (Å²) in [5.41, 5.74) is 1.16. The first-order valence-electron chi connectivity index (χ1n) is 7.28. The zero-order valence-electron chi connectivity index (χ0n) is 12.1. The molecule has 3 N–H and O–H groups in total. The first-order valence-corrected chi connectivity index (χ1v) is 7.28. The van der Waals surface area contributed by atoms with Gasteiger partial charge in [0.1, 0.15) is 0 Å². The zero-order chi connectivity index (χ0) is 15.9. The molecule has 1 fully saturated rings. The van der Waals surface area contributed by atoms with Crippen LogP contribution >= 0.6 is 0 Å². The highest BCUT2D eigenvalue weighted by Crippen LogP contribution is 2.32. The number of carboxylic acid groups (broad SMARTS) is 2. The molecule has 8 nitrogen and oxygen atoms in total. The van der Waals surface area contributed by atoms with Crippen molar-refractivity contribution in [1.29, 1.82) is 0 Å². The van der Waals surface area contributed by atoms with Gasteiger partial charge >= 0.3 is 11.9 Å². The Morgan fingerprint density at radius 3 is 2.45 bits per heavy atom. The molecule has 8 heteroatoms. The number of aromatic nitrogens is 2. The second-order valence-corrected chi connectivity index (χ2v) is 5.24. The SMILES string of the molecule is C1=C(c2nc(C3CCCC3)no2)CNCC1.O=C(O)C(=O)O. The van der Waals surface area contributed by atoms with Crippen LogP contribution in [0.4, 0.5) is 0 Å². The van der Waals surface area contributed by atoms with Gasteiger partial charge < -0.3 is 20.1 Å². The van der Waals surface area contributed by atoms with Gasteiger partial charge in [-0.15, -0.1) is 0 Å². The maximum Gasteiger partial charge on any atom is 0.414 e. The standard InChI is InChI=1S/C12H17N3O.C2H2O4/c1-2-5-9(4-1)11-14-12(16-15-11)10-6-3-7-13-8-10;3-1(4)2(5)6/h6,9,13H,1-5,7-8H2;(H,3,4)(H,5,6). The Morgan fingerprint density at radius 1 is 1.23 bits per heavy atom. The molecule has 2 heterocycles. The van der Waals surface area contributed by atoms with Crippen LogP contribution in [0.25, 0.3) is 5.57 Å². The molecule has 0 radical (unpaired) electrons. The van der Waals surface area contributed by atoms with Crippen LogP contribution < -0.4 is 5.32 Å². The Bertz CT molecular complexity index is 549. The second kappa shape index (κ2) is 7.69. The zero-order valence-corrected chi connectivity index (χ0v) is 12.1. The van der Waals surface area contributed by atoms with E-state index in [1.807, 2.05) is 0 Å². The minimum Gasteiger partial charge on any atom is -0.473 e. The largest absolute Gasteiger partial charge is 0.473 e. The fraction of sp³-hybridized carbons (Fsp3) is 0.571. The number of nitrogens with zero attached hydrogens (tertiary/aromatic N) is 2. The lowest BCUT2D eigenvalue weighted by Gasteiger charge is -2.09. The third kappa shape index (κ3) is 4.39. The summed E-state index contributed by atoms with van der Waals surface area (Å²) in [5, 5.41) is 22.2. The number of carboxylic acids is 2. The van der Waals surface area contributed by atoms with Gasteiger partial charge in [-0.1, -0.05) is 24.1 Å². The molecular formula is C14H19N3O5. The number of nitrogens with one attached hydrogen (secondary N) is 1. The van der Waals surface area contributed by atoms with Gasteiger partial charge in [0, 0.05) is 18.0 Å². The van der Waals surface area contributed by atoms with E-state index in [-0.39, 0.29) is 0 Å². The van der Waals surface area contributed by atoms with Crippen molar-refractivity contribution in [2.45, 2.75) is 38.0 Å². The first-order chi connectivity index (χ1) is 10.6. The van der Waals surface area contributed by atoms with E-state index in [0.717, 1.165) is 30.9 Å². The van der Waals surface area contributed by atoms with E-state index in [1.165, 1.54) is 25.7 Å². The summed E-state index contributed by atoms with van der Waals surface area (Å²) in [5.74, 6) is -1.48. The monoisotopic (exact) mass is 309 g/mol. The average molecular weight is 309 g/mol. The predicted octanol–water partition coefficient (Wildman–Crippen LogP) is 1.26. The van der Waals surface area contributed by atoms with E-state index < -0.39 is 11.9 Å². The van der Waals surface area contributed by atoms with Gasteiger partial charge in [-0.2, -0.15) is 4.98 Å². The van der Waals surface area contributed by atoms with Crippen LogP contribution in [0.1, 0.15) is 49.7 Å². The number of hydrogen-bond donors (Lipinski definition) is 3. The summed E-state index contributed by atoms with van der Waals surface area (Å²) >= 11 is 0. The molecule has 1 aliphatic heterocycles. The van der Waals surface area contributed by atoms with E-state index in [4.69, 9.17) is 24.3 Å². The Morgan fingerprint density at radius 2 is 1.91 bits per heavy atom. The molecule has 1 aromatic heterocycles. The van der Waals surface area contributed by atoms with Crippen LogP contribution in [0, 0.1) is 0 Å². The van der Waals surface area contributed by atoms with E-state index in [0.29, 0.717) is 11.8 Å². The molecule has 0 unspecified atom stereocenters. The van der Waals surface area contributed by atoms with E-state index >= 15 is 0 Å². The molecule has 3 rings (SSSR count). The molecule has 22 heavy (non-hydrogen) atoms. The van der Waals surface area contributed by atoms with Crippen LogP contribution in [0.5, 0.6) is 0 Å². The van der Waals surface area contributed by atoms with Crippen LogP contribution in [0.3, 0.4) is 0 Å². The fourth-order valence-corrected chi connectivity index (χ4v) is 2.52. The summed E-state index contributed by atoms with van der Waals surface area (Å²) in [4.78, 5) is 22.7. The van der Waals surface area contributed by atoms with Crippen molar-refractivity contribution in [3.05, 3.63) is 17.8 Å². The van der Waals surface area contributed by atoms with Gasteiger partial charge in [-0.05, 0) is 25.8 Å². The fourth-order valence-electron chi connectivity index (χ4n) is 2.52. The Balaban J connectivity index is 0.000000254. The molecule has 0 atom stereocenters. The van der Waals surface area contributed by atoms with Gasteiger partial charge in [0.25, 0.3) is 5.89 Å². The molecule has 120 valence electrons. The lowest BCUT2D eigenvalue weighted by molar-refractivity contribution is -0.159. The molecule has 0 bridgehead atoms. The predicted molar refractivity (Wildman–Crippen MR) is 76.2 cm³/mol. The van der Waals surface area contributed by atoms with Crippen LogP contribution in [-0.2, 0) is 9.59 Å². The maximum absolute atomic E-state index is 9.10. The molecule has 1 aliphatic carbocycles. The van der Waals surface area contributed by atoms with Crippen molar-refractivity contribution in [1.82, 2.24) is 15.5 Å². The van der Waals surface area contributed by atoms with Crippen molar-refractivity contribution in [3.8, 4) is 0 Å². The van der Waals surface area contributed by atoms with Gasteiger partial charge in [0.05, 0.1) is 0 Å². The Labute approximate surface area is 127 Å². The molecule has 0 saturated heterocycles. The van der Waals surface area contributed by atoms with Gasteiger partial charge in [-0.3, -0.25) is 0 Å². The van der Waals surface area contributed by atoms with Crippen molar-refractivity contribution in [2.24, 2.45) is 0 Å². The summed E-state index contributed by atoms with van der Waals surface area (Å²) < 4.78 is 5.35. The van der Waals surface area contributed by atoms with Crippen molar-refractivity contribution in [3.63, 3.8) is 0 Å². The molecule has 2 aliphatic rings. The van der Waals surface area contributed by atoms with E-state index in [9.17, 15) is 0 Å². The Hall–Kier alpha value is -2.22. The molecule has 1 aromatic rings. The molecule has 0 spiro atoms. The molecule has 1 saturated carbocycles. The van der Waals surface area contributed by atoms with Gasteiger partial charge in [0.15, 0.2) is 5.82 Å². The van der Waals surface area contributed by atoms with Crippen molar-refractivity contribution < 1.29 is 24.3 Å². The Kier molecular flexibility index (Phi) is 5.65. The quantitative estimate of drug-likeness (QED) is 0.697. The highest BCUT2D eigenvalue weighted by molar-refractivity contribution is 6.27. The normalized spacial score (nSPS) is 18.3. The smallest absolute Gasteiger partial charge is 0.414 e. The first kappa shape index (κ1) is 16.2. The average Bonchev–Trinajstić information content (AvgIpc) is 3.20. The topological polar surface area (TPSA) is 126 Å². The molecule has 0 amide bonds. The summed E-state index contributed by atoms with van der Waals surface area (Å²) in [6, 6.07) is 0. The highest BCUT2D eigenvalue weighted by atomic mass is 16.5. The van der Waals surface area contributed by atoms with Crippen molar-refractivity contribution >= 4 is 17.5 Å². The van der Waals surface area contributed by atoms with Crippen LogP contribution in [0.2, 0.25) is 0 Å². The third-order valence-corrected chi connectivity index (χ3v) is 3.65. The number of rotatable bonds is 2.